The van der Waals surface area contributed by atoms with Gasteiger partial charge in [-0.3, -0.25) is 0 Å². The number of hydrogen-bond donors (Lipinski definition) is 0. The third-order valence-electron chi connectivity index (χ3n) is 2.59. The Balaban J connectivity index is 2.22. The molecule has 3 nitrogen and oxygen atoms in total. The maximum absolute atomic E-state index is 9.09. The van der Waals surface area contributed by atoms with E-state index >= 15 is 0 Å². The highest BCUT2D eigenvalue weighted by Gasteiger charge is 2.10. The molecular weight excluding hydrogens is 353 g/mol. The summed E-state index contributed by atoms with van der Waals surface area (Å²) in [4.78, 5) is 0. The van der Waals surface area contributed by atoms with E-state index in [1.54, 1.807) is 25.3 Å². The fourth-order valence-electron chi connectivity index (χ4n) is 1.70. The van der Waals surface area contributed by atoms with Crippen LogP contribution in [0, 0.1) is 14.9 Å². The SMILES string of the molecule is COc1cccc(C#N)c1OCc1cccc(I)c1. The summed E-state index contributed by atoms with van der Waals surface area (Å²) in [5.74, 6) is 1.07. The first-order valence-corrected chi connectivity index (χ1v) is 6.77. The smallest absolute Gasteiger partial charge is 0.179 e. The standard InChI is InChI=1S/C15H12INO2/c1-18-14-7-3-5-12(9-17)15(14)19-10-11-4-2-6-13(16)8-11/h2-8H,10H2,1H3. The van der Waals surface area contributed by atoms with Crippen molar-refractivity contribution in [2.45, 2.75) is 6.61 Å². The fraction of sp³-hybridized carbons (Fsp3) is 0.133. The molecular formula is C15H12INO2. The lowest BCUT2D eigenvalue weighted by molar-refractivity contribution is 0.283. The number of hydrogen-bond acceptors (Lipinski definition) is 3. The molecule has 0 spiro atoms. The minimum atomic E-state index is 0.409. The lowest BCUT2D eigenvalue weighted by Crippen LogP contribution is -2.00. The average molecular weight is 365 g/mol. The maximum Gasteiger partial charge on any atom is 0.179 e. The van der Waals surface area contributed by atoms with Crippen molar-refractivity contribution < 1.29 is 9.47 Å². The number of nitrogens with zero attached hydrogens (tertiary/aromatic N) is 1. The van der Waals surface area contributed by atoms with Crippen molar-refractivity contribution in [3.63, 3.8) is 0 Å². The fourth-order valence-corrected chi connectivity index (χ4v) is 2.30. The van der Waals surface area contributed by atoms with Gasteiger partial charge < -0.3 is 9.47 Å². The number of halogens is 1. The van der Waals surface area contributed by atoms with Crippen molar-refractivity contribution in [1.82, 2.24) is 0 Å². The minimum Gasteiger partial charge on any atom is -0.493 e. The molecule has 96 valence electrons. The first kappa shape index (κ1) is 13.7. The number of ether oxygens (including phenoxy) is 2. The Morgan fingerprint density at radius 1 is 1.21 bits per heavy atom. The van der Waals surface area contributed by atoms with Crippen molar-refractivity contribution in [3.05, 3.63) is 57.2 Å². The van der Waals surface area contributed by atoms with Crippen LogP contribution in [-0.2, 0) is 6.61 Å². The molecule has 0 atom stereocenters. The van der Waals surface area contributed by atoms with Gasteiger partial charge in [0, 0.05) is 3.57 Å². The molecule has 0 saturated heterocycles. The average Bonchev–Trinajstić information content (AvgIpc) is 2.44. The number of benzene rings is 2. The molecule has 0 saturated carbocycles. The van der Waals surface area contributed by atoms with Gasteiger partial charge >= 0.3 is 0 Å². The molecule has 0 aromatic heterocycles. The second kappa shape index (κ2) is 6.43. The molecule has 0 heterocycles. The molecule has 19 heavy (non-hydrogen) atoms. The third-order valence-corrected chi connectivity index (χ3v) is 3.26. The highest BCUT2D eigenvalue weighted by atomic mass is 127. The van der Waals surface area contributed by atoms with E-state index in [1.165, 1.54) is 0 Å². The maximum atomic E-state index is 9.09. The van der Waals surface area contributed by atoms with Crippen LogP contribution in [0.2, 0.25) is 0 Å². The molecule has 0 aliphatic rings. The van der Waals surface area contributed by atoms with Crippen LogP contribution < -0.4 is 9.47 Å². The lowest BCUT2D eigenvalue weighted by atomic mass is 10.2. The zero-order valence-corrected chi connectivity index (χ0v) is 12.5. The highest BCUT2D eigenvalue weighted by molar-refractivity contribution is 14.1. The molecule has 0 radical (unpaired) electrons. The number of rotatable bonds is 4. The summed E-state index contributed by atoms with van der Waals surface area (Å²) in [7, 11) is 1.56. The Hall–Kier alpha value is -1.74. The minimum absolute atomic E-state index is 0.409. The van der Waals surface area contributed by atoms with E-state index < -0.39 is 0 Å². The first-order chi connectivity index (χ1) is 9.24. The third kappa shape index (κ3) is 3.38. The van der Waals surface area contributed by atoms with Crippen molar-refractivity contribution >= 4 is 22.6 Å². The molecule has 2 rings (SSSR count). The molecule has 4 heteroatoms. The molecule has 0 amide bonds. The van der Waals surface area contributed by atoms with Crippen LogP contribution in [0.1, 0.15) is 11.1 Å². The van der Waals surface area contributed by atoms with Crippen molar-refractivity contribution in [2.24, 2.45) is 0 Å². The summed E-state index contributed by atoms with van der Waals surface area (Å²) < 4.78 is 12.1. The molecule has 2 aromatic carbocycles. The van der Waals surface area contributed by atoms with E-state index in [2.05, 4.69) is 28.7 Å². The summed E-state index contributed by atoms with van der Waals surface area (Å²) in [5.41, 5.74) is 1.53. The zero-order chi connectivity index (χ0) is 13.7. The Labute approximate surface area is 125 Å². The quantitative estimate of drug-likeness (QED) is 0.775. The van der Waals surface area contributed by atoms with Gasteiger partial charge in [0.25, 0.3) is 0 Å². The van der Waals surface area contributed by atoms with E-state index in [0.717, 1.165) is 9.13 Å². The van der Waals surface area contributed by atoms with Crippen molar-refractivity contribution in [2.75, 3.05) is 7.11 Å². The second-order valence-corrected chi connectivity index (χ2v) is 5.11. The van der Waals surface area contributed by atoms with Crippen LogP contribution in [0.15, 0.2) is 42.5 Å². The van der Waals surface area contributed by atoms with Gasteiger partial charge in [-0.2, -0.15) is 5.26 Å². The van der Waals surface area contributed by atoms with Crippen molar-refractivity contribution in [1.29, 1.82) is 5.26 Å². The van der Waals surface area contributed by atoms with Gasteiger partial charge in [-0.25, -0.2) is 0 Å². The predicted octanol–water partition coefficient (Wildman–Crippen LogP) is 3.75. The van der Waals surface area contributed by atoms with Crippen LogP contribution in [0.4, 0.5) is 0 Å². The van der Waals surface area contributed by atoms with E-state index in [4.69, 9.17) is 14.7 Å². The highest BCUT2D eigenvalue weighted by Crippen LogP contribution is 2.31. The van der Waals surface area contributed by atoms with Crippen LogP contribution in [0.5, 0.6) is 11.5 Å². The largest absolute Gasteiger partial charge is 0.493 e. The van der Waals surface area contributed by atoms with Gasteiger partial charge in [0.05, 0.1) is 12.7 Å². The predicted molar refractivity (Wildman–Crippen MR) is 81.2 cm³/mol. The zero-order valence-electron chi connectivity index (χ0n) is 10.4. The Morgan fingerprint density at radius 2 is 2.00 bits per heavy atom. The Morgan fingerprint density at radius 3 is 2.68 bits per heavy atom. The van der Waals surface area contributed by atoms with Crippen LogP contribution >= 0.6 is 22.6 Å². The van der Waals surface area contributed by atoms with Crippen LogP contribution in [0.3, 0.4) is 0 Å². The normalized spacial score (nSPS) is 9.74. The van der Waals surface area contributed by atoms with E-state index in [1.807, 2.05) is 24.3 Å². The molecule has 0 fully saturated rings. The molecule has 0 aliphatic carbocycles. The first-order valence-electron chi connectivity index (χ1n) is 5.69. The molecule has 2 aromatic rings. The molecule has 0 aliphatic heterocycles. The van der Waals surface area contributed by atoms with Gasteiger partial charge in [0.2, 0.25) is 0 Å². The number of nitriles is 1. The van der Waals surface area contributed by atoms with Gasteiger partial charge in [0.15, 0.2) is 11.5 Å². The van der Waals surface area contributed by atoms with Gasteiger partial charge in [-0.15, -0.1) is 0 Å². The Kier molecular flexibility index (Phi) is 4.63. The summed E-state index contributed by atoms with van der Waals surface area (Å²) >= 11 is 2.26. The van der Waals surface area contributed by atoms with Crippen molar-refractivity contribution in [3.8, 4) is 17.6 Å². The number of para-hydroxylation sites is 1. The Bertz CT molecular complexity index is 620. The molecule has 0 N–H and O–H groups in total. The summed E-state index contributed by atoms with van der Waals surface area (Å²) in [5, 5.41) is 9.09. The van der Waals surface area contributed by atoms with Gasteiger partial charge in [-0.05, 0) is 52.4 Å². The molecule has 0 bridgehead atoms. The topological polar surface area (TPSA) is 42.2 Å². The van der Waals surface area contributed by atoms with E-state index in [0.29, 0.717) is 23.7 Å². The summed E-state index contributed by atoms with van der Waals surface area (Å²) in [6.07, 6.45) is 0. The number of methoxy groups -OCH3 is 1. The monoisotopic (exact) mass is 365 g/mol. The summed E-state index contributed by atoms with van der Waals surface area (Å²) in [6, 6.07) is 15.4. The van der Waals surface area contributed by atoms with E-state index in [9.17, 15) is 0 Å². The van der Waals surface area contributed by atoms with Crippen LogP contribution in [0.25, 0.3) is 0 Å². The van der Waals surface area contributed by atoms with Gasteiger partial charge in [-0.1, -0.05) is 18.2 Å². The second-order valence-electron chi connectivity index (χ2n) is 3.87. The summed E-state index contributed by atoms with van der Waals surface area (Å²) in [6.45, 7) is 0.409. The van der Waals surface area contributed by atoms with Crippen LogP contribution in [-0.4, -0.2) is 7.11 Å². The lowest BCUT2D eigenvalue weighted by Gasteiger charge is -2.12. The van der Waals surface area contributed by atoms with Gasteiger partial charge in [0.1, 0.15) is 12.7 Å². The molecule has 0 unspecified atom stereocenters. The van der Waals surface area contributed by atoms with E-state index in [-0.39, 0.29) is 0 Å².